The summed E-state index contributed by atoms with van der Waals surface area (Å²) in [6.45, 7) is 6.19. The van der Waals surface area contributed by atoms with Gasteiger partial charge in [-0.1, -0.05) is 24.3 Å². The summed E-state index contributed by atoms with van der Waals surface area (Å²) in [6.07, 6.45) is 2.68. The van der Waals surface area contributed by atoms with E-state index in [2.05, 4.69) is 5.32 Å². The summed E-state index contributed by atoms with van der Waals surface area (Å²) in [5.41, 5.74) is 2.06. The largest absolute Gasteiger partial charge is 0.493 e. The molecule has 1 N–H and O–H groups in total. The van der Waals surface area contributed by atoms with E-state index in [0.29, 0.717) is 49.9 Å². The van der Waals surface area contributed by atoms with Gasteiger partial charge in [-0.15, -0.1) is 11.8 Å². The number of amides is 2. The Morgan fingerprint density at radius 3 is 2.47 bits per heavy atom. The van der Waals surface area contributed by atoms with Crippen LogP contribution in [0.4, 0.5) is 0 Å². The van der Waals surface area contributed by atoms with Gasteiger partial charge in [0.25, 0.3) is 0 Å². The molecule has 3 aromatic rings. The number of likely N-dealkylation sites (N-methyl/N-ethyl adjacent to an activating group) is 1. The zero-order chi connectivity index (χ0) is 24.5. The summed E-state index contributed by atoms with van der Waals surface area (Å²) >= 11 is 1.49. The van der Waals surface area contributed by atoms with Gasteiger partial charge in [-0.25, -0.2) is 0 Å². The van der Waals surface area contributed by atoms with Crippen LogP contribution in [-0.2, 0) is 22.6 Å². The highest BCUT2D eigenvalue weighted by atomic mass is 32.2. The lowest BCUT2D eigenvalue weighted by atomic mass is 10.1. The van der Waals surface area contributed by atoms with E-state index in [1.807, 2.05) is 72.0 Å². The summed E-state index contributed by atoms with van der Waals surface area (Å²) in [6, 6.07) is 13.8. The van der Waals surface area contributed by atoms with Crippen LogP contribution in [-0.4, -0.2) is 60.9 Å². The number of ether oxygens (including phenoxy) is 2. The molecule has 1 aromatic heterocycles. The molecule has 0 bridgehead atoms. The number of aromatic nitrogens is 1. The summed E-state index contributed by atoms with van der Waals surface area (Å²) in [5.74, 6) is 1.74. The number of hydrogen-bond donors (Lipinski definition) is 1. The molecule has 0 fully saturated rings. The molecule has 0 aliphatic heterocycles. The van der Waals surface area contributed by atoms with Gasteiger partial charge in [-0.05, 0) is 44.0 Å². The lowest BCUT2D eigenvalue weighted by molar-refractivity contribution is -0.131. The smallest absolute Gasteiger partial charge is 0.242 e. The number of nitrogens with one attached hydrogen (secondary N) is 1. The van der Waals surface area contributed by atoms with Crippen LogP contribution in [0.5, 0.6) is 11.5 Å². The normalized spacial score (nSPS) is 10.8. The van der Waals surface area contributed by atoms with E-state index in [1.54, 1.807) is 14.2 Å². The quantitative estimate of drug-likeness (QED) is 0.395. The van der Waals surface area contributed by atoms with Gasteiger partial charge in [-0.3, -0.25) is 9.59 Å². The van der Waals surface area contributed by atoms with Crippen LogP contribution >= 0.6 is 11.8 Å². The molecule has 0 radical (unpaired) electrons. The monoisotopic (exact) mass is 483 g/mol. The molecule has 34 heavy (non-hydrogen) atoms. The van der Waals surface area contributed by atoms with Gasteiger partial charge < -0.3 is 24.3 Å². The van der Waals surface area contributed by atoms with Crippen molar-refractivity contribution in [3.8, 4) is 11.5 Å². The molecule has 1 heterocycles. The number of methoxy groups -OCH3 is 2. The van der Waals surface area contributed by atoms with Crippen molar-refractivity contribution in [1.82, 2.24) is 14.8 Å². The van der Waals surface area contributed by atoms with E-state index >= 15 is 0 Å². The number of benzene rings is 2. The lowest BCUT2D eigenvalue weighted by Crippen LogP contribution is -2.33. The maximum Gasteiger partial charge on any atom is 0.242 e. The zero-order valence-corrected chi connectivity index (χ0v) is 21.1. The number of carbonyl (C=O) groups excluding carboxylic acids is 2. The average Bonchev–Trinajstić information content (AvgIpc) is 3.20. The third-order valence-electron chi connectivity index (χ3n) is 5.72. The van der Waals surface area contributed by atoms with Crippen molar-refractivity contribution in [3.63, 3.8) is 0 Å². The molecule has 0 atom stereocenters. The first-order valence-electron chi connectivity index (χ1n) is 11.5. The topological polar surface area (TPSA) is 72.8 Å². The highest BCUT2D eigenvalue weighted by Gasteiger charge is 2.15. The van der Waals surface area contributed by atoms with E-state index in [1.165, 1.54) is 11.8 Å². The molecule has 0 saturated heterocycles. The second-order valence-corrected chi connectivity index (χ2v) is 8.80. The number of hydrogen-bond acceptors (Lipinski definition) is 5. The summed E-state index contributed by atoms with van der Waals surface area (Å²) in [7, 11) is 3.22. The number of carbonyl (C=O) groups is 2. The van der Waals surface area contributed by atoms with Crippen molar-refractivity contribution >= 4 is 34.5 Å². The molecule has 0 aliphatic rings. The van der Waals surface area contributed by atoms with Gasteiger partial charge in [0.1, 0.15) is 6.54 Å². The number of fused-ring (bicyclic) bond motifs is 1. The minimum Gasteiger partial charge on any atom is -0.493 e. The second-order valence-electron chi connectivity index (χ2n) is 7.78. The van der Waals surface area contributed by atoms with Gasteiger partial charge in [0.15, 0.2) is 11.5 Å². The highest BCUT2D eigenvalue weighted by Crippen LogP contribution is 2.30. The van der Waals surface area contributed by atoms with Crippen molar-refractivity contribution in [3.05, 3.63) is 54.2 Å². The van der Waals surface area contributed by atoms with E-state index in [9.17, 15) is 9.59 Å². The predicted molar refractivity (Wildman–Crippen MR) is 137 cm³/mol. The predicted octanol–water partition coefficient (Wildman–Crippen LogP) is 3.98. The van der Waals surface area contributed by atoms with Crippen molar-refractivity contribution in [2.24, 2.45) is 0 Å². The van der Waals surface area contributed by atoms with Crippen LogP contribution in [0.3, 0.4) is 0 Å². The van der Waals surface area contributed by atoms with Crippen LogP contribution in [0.15, 0.2) is 53.6 Å². The lowest BCUT2D eigenvalue weighted by Gasteiger charge is -2.19. The van der Waals surface area contributed by atoms with Crippen LogP contribution in [0, 0.1) is 0 Å². The molecule has 8 heteroatoms. The molecule has 0 aliphatic carbocycles. The standard InChI is InChI=1S/C26H33N3O4S/c1-5-28(6-2)26(31)17-29-16-24(20-9-7-8-10-21(20)29)34-18-25(30)27-14-13-19-11-12-22(32-3)23(15-19)33-4/h7-12,15-16H,5-6,13-14,17-18H2,1-4H3,(H,27,30). The Morgan fingerprint density at radius 1 is 1.03 bits per heavy atom. The first-order valence-corrected chi connectivity index (χ1v) is 12.4. The van der Waals surface area contributed by atoms with Gasteiger partial charge in [-0.2, -0.15) is 0 Å². The molecule has 182 valence electrons. The van der Waals surface area contributed by atoms with Crippen molar-refractivity contribution in [1.29, 1.82) is 0 Å². The molecule has 0 saturated carbocycles. The molecular weight excluding hydrogens is 450 g/mol. The maximum atomic E-state index is 12.6. The fraction of sp³-hybridized carbons (Fsp3) is 0.385. The Labute approximate surface area is 205 Å². The molecule has 0 spiro atoms. The Hall–Kier alpha value is -3.13. The summed E-state index contributed by atoms with van der Waals surface area (Å²) in [4.78, 5) is 27.9. The van der Waals surface area contributed by atoms with E-state index in [-0.39, 0.29) is 11.8 Å². The summed E-state index contributed by atoms with van der Waals surface area (Å²) < 4.78 is 12.6. The first kappa shape index (κ1) is 25.5. The molecule has 2 amide bonds. The number of rotatable bonds is 12. The number of thioether (sulfide) groups is 1. The Kier molecular flexibility index (Phi) is 9.27. The van der Waals surface area contributed by atoms with E-state index in [0.717, 1.165) is 21.4 Å². The third-order valence-corrected chi connectivity index (χ3v) is 6.76. The molecule has 0 unspecified atom stereocenters. The van der Waals surface area contributed by atoms with Gasteiger partial charge >= 0.3 is 0 Å². The fourth-order valence-corrected chi connectivity index (χ4v) is 4.78. The van der Waals surface area contributed by atoms with Crippen molar-refractivity contribution in [2.45, 2.75) is 31.7 Å². The van der Waals surface area contributed by atoms with Crippen LogP contribution in [0.25, 0.3) is 10.9 Å². The van der Waals surface area contributed by atoms with E-state index < -0.39 is 0 Å². The summed E-state index contributed by atoms with van der Waals surface area (Å²) in [5, 5.41) is 4.04. The minimum absolute atomic E-state index is 0.0264. The third kappa shape index (κ3) is 6.26. The van der Waals surface area contributed by atoms with Crippen LogP contribution in [0.2, 0.25) is 0 Å². The maximum absolute atomic E-state index is 12.6. The van der Waals surface area contributed by atoms with Gasteiger partial charge in [0.05, 0.1) is 20.0 Å². The van der Waals surface area contributed by atoms with Crippen LogP contribution in [0.1, 0.15) is 19.4 Å². The Bertz CT molecular complexity index is 1120. The van der Waals surface area contributed by atoms with Crippen LogP contribution < -0.4 is 14.8 Å². The van der Waals surface area contributed by atoms with Gasteiger partial charge in [0, 0.05) is 41.6 Å². The first-order chi connectivity index (χ1) is 16.5. The Balaban J connectivity index is 1.57. The number of nitrogens with zero attached hydrogens (tertiary/aromatic N) is 2. The van der Waals surface area contributed by atoms with E-state index in [4.69, 9.17) is 9.47 Å². The molecular formula is C26H33N3O4S. The highest BCUT2D eigenvalue weighted by molar-refractivity contribution is 8.00. The fourth-order valence-electron chi connectivity index (χ4n) is 3.86. The Morgan fingerprint density at radius 2 is 1.76 bits per heavy atom. The second kappa shape index (κ2) is 12.4. The van der Waals surface area contributed by atoms with Crippen molar-refractivity contribution < 1.29 is 19.1 Å². The molecule has 7 nitrogen and oxygen atoms in total. The molecule has 2 aromatic carbocycles. The van der Waals surface area contributed by atoms with Crippen molar-refractivity contribution in [2.75, 3.05) is 39.6 Å². The zero-order valence-electron chi connectivity index (χ0n) is 20.3. The SMILES string of the molecule is CCN(CC)C(=O)Cn1cc(SCC(=O)NCCc2ccc(OC)c(OC)c2)c2ccccc21. The van der Waals surface area contributed by atoms with Gasteiger partial charge in [0.2, 0.25) is 11.8 Å². The number of para-hydroxylation sites is 1. The molecule has 3 rings (SSSR count). The average molecular weight is 484 g/mol. The minimum atomic E-state index is -0.0264.